The highest BCUT2D eigenvalue weighted by molar-refractivity contribution is 7.88. The Morgan fingerprint density at radius 2 is 1.57 bits per heavy atom. The number of nitrogens with one attached hydrogen (secondary N) is 2. The number of carbonyl (C=O) groups is 1. The van der Waals surface area contributed by atoms with Crippen molar-refractivity contribution in [3.05, 3.63) is 71.3 Å². The summed E-state index contributed by atoms with van der Waals surface area (Å²) < 4.78 is 26.5. The van der Waals surface area contributed by atoms with Gasteiger partial charge < -0.3 is 5.32 Å². The van der Waals surface area contributed by atoms with Crippen molar-refractivity contribution in [1.29, 1.82) is 0 Å². The molecule has 2 aromatic carbocycles. The monoisotopic (exact) mass is 403 g/mol. The van der Waals surface area contributed by atoms with Crippen molar-refractivity contribution in [2.75, 3.05) is 13.6 Å². The van der Waals surface area contributed by atoms with Crippen LogP contribution in [0.1, 0.15) is 30.5 Å². The summed E-state index contributed by atoms with van der Waals surface area (Å²) in [6.07, 6.45) is 0. The number of likely N-dealkylation sites (N-methyl/N-ethyl adjacent to an activating group) is 1. The van der Waals surface area contributed by atoms with E-state index in [-0.39, 0.29) is 17.7 Å². The summed E-state index contributed by atoms with van der Waals surface area (Å²) in [5.74, 6) is -0.103. The number of hydrogen-bond donors (Lipinski definition) is 2. The Balaban J connectivity index is 1.78. The van der Waals surface area contributed by atoms with Crippen molar-refractivity contribution in [2.45, 2.75) is 38.7 Å². The summed E-state index contributed by atoms with van der Waals surface area (Å²) >= 11 is 0. The fourth-order valence-electron chi connectivity index (χ4n) is 2.83. The fraction of sp³-hybridized carbons (Fsp3) is 0.381. The Hall–Kier alpha value is -2.22. The quantitative estimate of drug-likeness (QED) is 0.638. The number of benzene rings is 2. The van der Waals surface area contributed by atoms with Crippen LogP contribution < -0.4 is 10.0 Å². The average molecular weight is 404 g/mol. The lowest BCUT2D eigenvalue weighted by atomic mass is 10.1. The molecule has 152 valence electrons. The van der Waals surface area contributed by atoms with Crippen LogP contribution in [0, 0.1) is 0 Å². The number of carbonyl (C=O) groups excluding carboxylic acids is 1. The summed E-state index contributed by atoms with van der Waals surface area (Å²) in [6.45, 7) is 5.02. The van der Waals surface area contributed by atoms with Crippen LogP contribution in [0.2, 0.25) is 0 Å². The Morgan fingerprint density at radius 1 is 0.964 bits per heavy atom. The SMILES string of the molecule is CC(C)NS(=O)(=O)Cc1ccc(CNC(=O)CN(C)Cc2ccccc2)cc1. The largest absolute Gasteiger partial charge is 0.351 e. The van der Waals surface area contributed by atoms with E-state index >= 15 is 0 Å². The van der Waals surface area contributed by atoms with Crippen molar-refractivity contribution >= 4 is 15.9 Å². The third-order valence-corrected chi connectivity index (χ3v) is 5.54. The van der Waals surface area contributed by atoms with Gasteiger partial charge in [-0.2, -0.15) is 0 Å². The number of rotatable bonds is 10. The minimum atomic E-state index is -3.34. The van der Waals surface area contributed by atoms with Gasteiger partial charge in [-0.25, -0.2) is 13.1 Å². The highest BCUT2D eigenvalue weighted by Gasteiger charge is 2.13. The molecule has 0 aliphatic carbocycles. The van der Waals surface area contributed by atoms with Gasteiger partial charge in [-0.05, 0) is 37.6 Å². The normalized spacial score (nSPS) is 11.8. The first-order valence-electron chi connectivity index (χ1n) is 9.30. The molecule has 0 spiro atoms. The van der Waals surface area contributed by atoms with Gasteiger partial charge in [0.05, 0.1) is 12.3 Å². The molecule has 0 radical (unpaired) electrons. The van der Waals surface area contributed by atoms with Gasteiger partial charge in [0, 0.05) is 19.1 Å². The van der Waals surface area contributed by atoms with Crippen LogP contribution in [-0.2, 0) is 33.7 Å². The predicted octanol–water partition coefficient (Wildman–Crippen LogP) is 2.26. The Labute approximate surface area is 168 Å². The first-order valence-corrected chi connectivity index (χ1v) is 11.0. The van der Waals surface area contributed by atoms with Crippen LogP contribution in [0.4, 0.5) is 0 Å². The number of hydrogen-bond acceptors (Lipinski definition) is 4. The zero-order valence-corrected chi connectivity index (χ0v) is 17.5. The fourth-order valence-corrected chi connectivity index (χ4v) is 4.26. The van der Waals surface area contributed by atoms with Crippen molar-refractivity contribution in [3.8, 4) is 0 Å². The van der Waals surface area contributed by atoms with Gasteiger partial charge in [0.2, 0.25) is 15.9 Å². The lowest BCUT2D eigenvalue weighted by molar-refractivity contribution is -0.122. The summed E-state index contributed by atoms with van der Waals surface area (Å²) in [5.41, 5.74) is 2.80. The lowest BCUT2D eigenvalue weighted by Crippen LogP contribution is -2.34. The summed E-state index contributed by atoms with van der Waals surface area (Å²) in [5, 5.41) is 2.90. The average Bonchev–Trinajstić information content (AvgIpc) is 2.60. The molecule has 0 saturated heterocycles. The Morgan fingerprint density at radius 3 is 2.18 bits per heavy atom. The van der Waals surface area contributed by atoms with Gasteiger partial charge in [-0.3, -0.25) is 9.69 Å². The first kappa shape index (κ1) is 22.1. The second-order valence-electron chi connectivity index (χ2n) is 7.28. The van der Waals surface area contributed by atoms with Crippen LogP contribution >= 0.6 is 0 Å². The van der Waals surface area contributed by atoms with Gasteiger partial charge in [0.1, 0.15) is 0 Å². The lowest BCUT2D eigenvalue weighted by Gasteiger charge is -2.16. The molecule has 0 heterocycles. The van der Waals surface area contributed by atoms with Crippen LogP contribution in [0.15, 0.2) is 54.6 Å². The molecule has 7 heteroatoms. The van der Waals surface area contributed by atoms with E-state index in [0.717, 1.165) is 11.1 Å². The molecule has 0 atom stereocenters. The zero-order valence-electron chi connectivity index (χ0n) is 16.7. The van der Waals surface area contributed by atoms with E-state index < -0.39 is 10.0 Å². The molecule has 0 aromatic heterocycles. The summed E-state index contributed by atoms with van der Waals surface area (Å²) in [6, 6.07) is 17.1. The molecule has 2 rings (SSSR count). The number of sulfonamides is 1. The molecule has 6 nitrogen and oxygen atoms in total. The summed E-state index contributed by atoms with van der Waals surface area (Å²) in [7, 11) is -1.43. The van der Waals surface area contributed by atoms with Crippen LogP contribution in [-0.4, -0.2) is 38.9 Å². The minimum absolute atomic E-state index is 0.0498. The van der Waals surface area contributed by atoms with Crippen molar-refractivity contribution in [1.82, 2.24) is 14.9 Å². The van der Waals surface area contributed by atoms with Gasteiger partial charge in [-0.1, -0.05) is 54.6 Å². The van der Waals surface area contributed by atoms with Gasteiger partial charge in [-0.15, -0.1) is 0 Å². The van der Waals surface area contributed by atoms with E-state index in [1.54, 1.807) is 26.0 Å². The van der Waals surface area contributed by atoms with Gasteiger partial charge in [0.25, 0.3) is 0 Å². The van der Waals surface area contributed by atoms with E-state index in [4.69, 9.17) is 0 Å². The molecule has 0 aliphatic rings. The minimum Gasteiger partial charge on any atom is -0.351 e. The topological polar surface area (TPSA) is 78.5 Å². The van der Waals surface area contributed by atoms with E-state index in [0.29, 0.717) is 25.2 Å². The van der Waals surface area contributed by atoms with Crippen molar-refractivity contribution in [3.63, 3.8) is 0 Å². The van der Waals surface area contributed by atoms with Gasteiger partial charge in [0.15, 0.2) is 0 Å². The van der Waals surface area contributed by atoms with Gasteiger partial charge >= 0.3 is 0 Å². The van der Waals surface area contributed by atoms with E-state index in [1.807, 2.05) is 54.4 Å². The standard InChI is InChI=1S/C21H29N3O3S/c1-17(2)23-28(26,27)16-20-11-9-18(10-12-20)13-22-21(25)15-24(3)14-19-7-5-4-6-8-19/h4-12,17,23H,13-16H2,1-3H3,(H,22,25). The van der Waals surface area contributed by atoms with E-state index in [1.165, 1.54) is 0 Å². The molecule has 28 heavy (non-hydrogen) atoms. The van der Waals surface area contributed by atoms with E-state index in [2.05, 4.69) is 10.0 Å². The van der Waals surface area contributed by atoms with Crippen LogP contribution in [0.5, 0.6) is 0 Å². The Bertz CT molecular complexity index is 850. The molecular formula is C21H29N3O3S. The third-order valence-electron chi connectivity index (χ3n) is 3.99. The smallest absolute Gasteiger partial charge is 0.234 e. The maximum absolute atomic E-state index is 12.1. The molecule has 0 saturated carbocycles. The van der Waals surface area contributed by atoms with E-state index in [9.17, 15) is 13.2 Å². The predicted molar refractivity (Wildman–Crippen MR) is 112 cm³/mol. The molecule has 1 amide bonds. The summed E-state index contributed by atoms with van der Waals surface area (Å²) in [4.78, 5) is 14.1. The highest BCUT2D eigenvalue weighted by Crippen LogP contribution is 2.08. The number of nitrogens with zero attached hydrogens (tertiary/aromatic N) is 1. The second-order valence-corrected chi connectivity index (χ2v) is 9.04. The molecule has 2 N–H and O–H groups in total. The van der Waals surface area contributed by atoms with Crippen LogP contribution in [0.25, 0.3) is 0 Å². The molecule has 0 aliphatic heterocycles. The molecule has 2 aromatic rings. The van der Waals surface area contributed by atoms with Crippen LogP contribution in [0.3, 0.4) is 0 Å². The van der Waals surface area contributed by atoms with Crippen molar-refractivity contribution in [2.24, 2.45) is 0 Å². The van der Waals surface area contributed by atoms with Crippen molar-refractivity contribution < 1.29 is 13.2 Å². The maximum atomic E-state index is 12.1. The third kappa shape index (κ3) is 8.21. The molecule has 0 bridgehead atoms. The maximum Gasteiger partial charge on any atom is 0.234 e. The molecule has 0 unspecified atom stereocenters. The molecule has 0 fully saturated rings. The number of amides is 1. The zero-order chi connectivity index (χ0) is 20.6. The highest BCUT2D eigenvalue weighted by atomic mass is 32.2. The Kier molecular flexibility index (Phi) is 8.17. The first-order chi connectivity index (χ1) is 13.2. The second kappa shape index (κ2) is 10.4. The molecular weight excluding hydrogens is 374 g/mol.